The number of hydrogen-bond acceptors (Lipinski definition) is 2. The summed E-state index contributed by atoms with van der Waals surface area (Å²) in [6, 6.07) is 12.4. The molecule has 0 unspecified atom stereocenters. The van der Waals surface area contributed by atoms with Gasteiger partial charge in [-0.25, -0.2) is 0 Å². The Hall–Kier alpha value is -1.51. The Kier molecular flexibility index (Phi) is 5.27. The summed E-state index contributed by atoms with van der Waals surface area (Å²) < 4.78 is 5.60. The van der Waals surface area contributed by atoms with Crippen LogP contribution >= 0.6 is 23.2 Å². The second-order valence-corrected chi connectivity index (χ2v) is 5.86. The quantitative estimate of drug-likeness (QED) is 0.706. The number of ether oxygens (including phenoxy) is 1. The summed E-state index contributed by atoms with van der Waals surface area (Å²) in [6.07, 6.45) is 0.354. The average Bonchev–Trinajstić information content (AvgIpc) is 2.42. The van der Waals surface area contributed by atoms with Crippen LogP contribution in [-0.2, 0) is 6.42 Å². The topological polar surface area (TPSA) is 26.3 Å². The van der Waals surface area contributed by atoms with E-state index in [-0.39, 0.29) is 18.3 Å². The molecule has 0 spiro atoms. The maximum absolute atomic E-state index is 12.3. The maximum Gasteiger partial charge on any atom is 0.167 e. The lowest BCUT2D eigenvalue weighted by Gasteiger charge is -2.10. The fourth-order valence-corrected chi connectivity index (χ4v) is 2.27. The molecule has 0 aliphatic carbocycles. The van der Waals surface area contributed by atoms with Crippen molar-refractivity contribution < 1.29 is 9.53 Å². The van der Waals surface area contributed by atoms with Gasteiger partial charge in [0.2, 0.25) is 0 Å². The highest BCUT2D eigenvalue weighted by Gasteiger charge is 2.10. The van der Waals surface area contributed by atoms with Crippen LogP contribution in [0.15, 0.2) is 42.5 Å². The number of Topliss-reactive ketones (excluding diaryl/α,β-unsaturated/α-hetero) is 1. The smallest absolute Gasteiger partial charge is 0.167 e. The number of halogens is 2. The highest BCUT2D eigenvalue weighted by atomic mass is 35.5. The summed E-state index contributed by atoms with van der Waals surface area (Å²) in [4.78, 5) is 12.3. The van der Waals surface area contributed by atoms with Gasteiger partial charge in [0, 0.05) is 12.0 Å². The number of carbonyl (C=O) groups is 1. The summed E-state index contributed by atoms with van der Waals surface area (Å²) in [5, 5.41) is 0.944. The summed E-state index contributed by atoms with van der Waals surface area (Å²) in [5.74, 6) is 0.715. The molecule has 0 aliphatic rings. The Bertz CT molecular complexity index is 651. The molecule has 0 fully saturated rings. The number of benzene rings is 2. The van der Waals surface area contributed by atoms with E-state index in [1.165, 1.54) is 0 Å². The van der Waals surface area contributed by atoms with Crippen molar-refractivity contribution in [1.82, 2.24) is 0 Å². The molecule has 0 saturated carbocycles. The molecule has 2 nitrogen and oxygen atoms in total. The molecule has 0 aliphatic heterocycles. The monoisotopic (exact) mass is 322 g/mol. The van der Waals surface area contributed by atoms with Crippen molar-refractivity contribution in [2.24, 2.45) is 0 Å². The molecule has 0 aromatic heterocycles. The van der Waals surface area contributed by atoms with Crippen LogP contribution in [0.2, 0.25) is 10.0 Å². The van der Waals surface area contributed by atoms with Crippen molar-refractivity contribution in [3.63, 3.8) is 0 Å². The van der Waals surface area contributed by atoms with Crippen LogP contribution in [0.5, 0.6) is 5.75 Å². The van der Waals surface area contributed by atoms with E-state index in [1.807, 2.05) is 26.0 Å². The van der Waals surface area contributed by atoms with Crippen molar-refractivity contribution >= 4 is 29.0 Å². The van der Waals surface area contributed by atoms with E-state index in [0.717, 1.165) is 5.56 Å². The van der Waals surface area contributed by atoms with E-state index >= 15 is 0 Å². The number of carbonyl (C=O) groups excluding carboxylic acids is 1. The molecule has 21 heavy (non-hydrogen) atoms. The zero-order chi connectivity index (χ0) is 15.4. The SMILES string of the molecule is CC(C)Oc1cccc(C(=O)Cc2ccc(Cl)c(Cl)c2)c1. The van der Waals surface area contributed by atoms with E-state index in [0.29, 0.717) is 21.4 Å². The number of rotatable bonds is 5. The Morgan fingerprint density at radius 1 is 1.10 bits per heavy atom. The molecule has 0 bridgehead atoms. The first-order valence-corrected chi connectivity index (χ1v) is 7.45. The minimum absolute atomic E-state index is 0.0163. The molecule has 0 saturated heterocycles. The standard InChI is InChI=1S/C17H16Cl2O2/c1-11(2)21-14-5-3-4-13(10-14)17(20)9-12-6-7-15(18)16(19)8-12/h3-8,10-11H,9H2,1-2H3. The Balaban J connectivity index is 2.14. The van der Waals surface area contributed by atoms with Gasteiger partial charge < -0.3 is 4.74 Å². The molecule has 110 valence electrons. The lowest BCUT2D eigenvalue weighted by Crippen LogP contribution is -2.07. The van der Waals surface area contributed by atoms with Crippen LogP contribution < -0.4 is 4.74 Å². The minimum Gasteiger partial charge on any atom is -0.491 e. The predicted octanol–water partition coefficient (Wildman–Crippen LogP) is 5.21. The highest BCUT2D eigenvalue weighted by Crippen LogP contribution is 2.23. The molecular weight excluding hydrogens is 307 g/mol. The van der Waals surface area contributed by atoms with Gasteiger partial charge in [0.05, 0.1) is 16.1 Å². The van der Waals surface area contributed by atoms with Gasteiger partial charge in [0.25, 0.3) is 0 Å². The molecule has 0 N–H and O–H groups in total. The Morgan fingerprint density at radius 2 is 1.86 bits per heavy atom. The van der Waals surface area contributed by atoms with Crippen molar-refractivity contribution in [2.45, 2.75) is 26.4 Å². The average molecular weight is 323 g/mol. The Labute approximate surface area is 134 Å². The van der Waals surface area contributed by atoms with Crippen molar-refractivity contribution in [3.8, 4) is 5.75 Å². The third-order valence-corrected chi connectivity index (χ3v) is 3.62. The van der Waals surface area contributed by atoms with Crippen LogP contribution in [0.4, 0.5) is 0 Å². The van der Waals surface area contributed by atoms with Gasteiger partial charge in [0.1, 0.15) is 5.75 Å². The van der Waals surface area contributed by atoms with E-state index in [2.05, 4.69) is 0 Å². The van der Waals surface area contributed by atoms with Crippen molar-refractivity contribution in [2.75, 3.05) is 0 Å². The molecule has 0 amide bonds. The first kappa shape index (κ1) is 15.9. The first-order valence-electron chi connectivity index (χ1n) is 6.69. The van der Waals surface area contributed by atoms with Gasteiger partial charge in [0.15, 0.2) is 5.78 Å². The Morgan fingerprint density at radius 3 is 2.52 bits per heavy atom. The van der Waals surface area contributed by atoms with E-state index in [9.17, 15) is 4.79 Å². The van der Waals surface area contributed by atoms with Crippen molar-refractivity contribution in [1.29, 1.82) is 0 Å². The molecule has 2 rings (SSSR count). The van der Waals surface area contributed by atoms with Gasteiger partial charge in [-0.15, -0.1) is 0 Å². The third kappa shape index (κ3) is 4.48. The number of hydrogen-bond donors (Lipinski definition) is 0. The molecule has 0 heterocycles. The van der Waals surface area contributed by atoms with Gasteiger partial charge >= 0.3 is 0 Å². The molecule has 2 aromatic rings. The van der Waals surface area contributed by atoms with Crippen LogP contribution in [0, 0.1) is 0 Å². The second kappa shape index (κ2) is 6.97. The van der Waals surface area contributed by atoms with Gasteiger partial charge in [-0.05, 0) is 43.7 Å². The predicted molar refractivity (Wildman–Crippen MR) is 86.7 cm³/mol. The largest absolute Gasteiger partial charge is 0.491 e. The van der Waals surface area contributed by atoms with Gasteiger partial charge in [-0.2, -0.15) is 0 Å². The summed E-state index contributed by atoms with van der Waals surface area (Å²) in [5.41, 5.74) is 1.46. The number of ketones is 1. The summed E-state index contributed by atoms with van der Waals surface area (Å²) in [6.45, 7) is 3.90. The van der Waals surface area contributed by atoms with Crippen LogP contribution in [0.3, 0.4) is 0 Å². The van der Waals surface area contributed by atoms with E-state index in [1.54, 1.807) is 30.3 Å². The van der Waals surface area contributed by atoms with Crippen LogP contribution in [-0.4, -0.2) is 11.9 Å². The summed E-state index contributed by atoms with van der Waals surface area (Å²) >= 11 is 11.8. The highest BCUT2D eigenvalue weighted by molar-refractivity contribution is 6.42. The zero-order valence-corrected chi connectivity index (χ0v) is 13.4. The first-order chi connectivity index (χ1) is 9.95. The molecular formula is C17H16Cl2O2. The van der Waals surface area contributed by atoms with Crippen LogP contribution in [0.1, 0.15) is 29.8 Å². The molecule has 0 atom stereocenters. The minimum atomic E-state index is 0.0163. The molecule has 2 aromatic carbocycles. The normalized spacial score (nSPS) is 10.7. The molecule has 4 heteroatoms. The second-order valence-electron chi connectivity index (χ2n) is 5.04. The van der Waals surface area contributed by atoms with Gasteiger partial charge in [-0.1, -0.05) is 41.4 Å². The fraction of sp³-hybridized carbons (Fsp3) is 0.235. The van der Waals surface area contributed by atoms with Crippen molar-refractivity contribution in [3.05, 3.63) is 63.6 Å². The lowest BCUT2D eigenvalue weighted by molar-refractivity contribution is 0.0992. The van der Waals surface area contributed by atoms with Crippen LogP contribution in [0.25, 0.3) is 0 Å². The summed E-state index contributed by atoms with van der Waals surface area (Å²) in [7, 11) is 0. The van der Waals surface area contributed by atoms with Gasteiger partial charge in [-0.3, -0.25) is 4.79 Å². The zero-order valence-electron chi connectivity index (χ0n) is 11.9. The van der Waals surface area contributed by atoms with E-state index in [4.69, 9.17) is 27.9 Å². The lowest BCUT2D eigenvalue weighted by atomic mass is 10.0. The fourth-order valence-electron chi connectivity index (χ4n) is 1.95. The molecule has 0 radical (unpaired) electrons. The van der Waals surface area contributed by atoms with E-state index < -0.39 is 0 Å². The maximum atomic E-state index is 12.3. The third-order valence-electron chi connectivity index (χ3n) is 2.88.